The summed E-state index contributed by atoms with van der Waals surface area (Å²) in [7, 11) is -0.525. The van der Waals surface area contributed by atoms with Crippen LogP contribution in [0.4, 0.5) is 0 Å². The topological polar surface area (TPSA) is 0 Å². The molecule has 2 heteroatoms. The fourth-order valence-corrected chi connectivity index (χ4v) is 8.11. The molecule has 0 N–H and O–H groups in total. The average Bonchev–Trinajstić information content (AvgIpc) is 2.95. The van der Waals surface area contributed by atoms with E-state index in [9.17, 15) is 0 Å². The fourth-order valence-electron chi connectivity index (χ4n) is 6.15. The molecule has 37 heavy (non-hydrogen) atoms. The zero-order valence-corrected chi connectivity index (χ0v) is 23.9. The maximum atomic E-state index is 2.44. The Labute approximate surface area is 222 Å². The number of hydrogen-bond acceptors (Lipinski definition) is 0. The fraction of sp³-hybridized carbons (Fsp3) is 0.0857. The molecule has 0 aliphatic heterocycles. The highest BCUT2D eigenvalue weighted by Crippen LogP contribution is 2.42. The van der Waals surface area contributed by atoms with Crippen LogP contribution in [0.15, 0.2) is 109 Å². The molecule has 8 aromatic carbocycles. The van der Waals surface area contributed by atoms with E-state index in [1.165, 1.54) is 75.2 Å². The molecule has 0 radical (unpaired) electrons. The van der Waals surface area contributed by atoms with E-state index in [4.69, 9.17) is 0 Å². The van der Waals surface area contributed by atoms with Crippen molar-refractivity contribution in [2.45, 2.75) is 13.8 Å². The molecule has 0 spiro atoms. The second kappa shape index (κ2) is 9.22. The van der Waals surface area contributed by atoms with Crippen LogP contribution >= 0.6 is 17.8 Å². The standard InChI is InChI=1S/C33H21P.C2H6.H3P/c1-34(28-18-14-24-10-8-20-4-2-6-22-12-16-26(28)32(24)30(20)22)29-19-15-25-11-9-21-5-3-7-23-13-17-27(29)33(25)31(21)23;1-2;/h2-19H,1H3;1-2H3;1H3. The quantitative estimate of drug-likeness (QED) is 0.160. The molecule has 0 amide bonds. The highest BCUT2D eigenvalue weighted by atomic mass is 31.1. The van der Waals surface area contributed by atoms with E-state index in [-0.39, 0.29) is 9.90 Å². The van der Waals surface area contributed by atoms with Crippen LogP contribution in [0.2, 0.25) is 0 Å². The average molecular weight is 513 g/mol. The van der Waals surface area contributed by atoms with Crippen molar-refractivity contribution >= 4 is 93.1 Å². The minimum atomic E-state index is -0.525. The minimum absolute atomic E-state index is 0. The lowest BCUT2D eigenvalue weighted by atomic mass is 9.94. The van der Waals surface area contributed by atoms with Gasteiger partial charge in [0.25, 0.3) is 0 Å². The summed E-state index contributed by atoms with van der Waals surface area (Å²) < 4.78 is 0. The first-order chi connectivity index (χ1) is 17.8. The molecule has 0 heterocycles. The second-order valence-corrected chi connectivity index (χ2v) is 11.5. The normalized spacial score (nSPS) is 11.7. The van der Waals surface area contributed by atoms with Crippen LogP contribution in [0.3, 0.4) is 0 Å². The summed E-state index contributed by atoms with van der Waals surface area (Å²) in [6.07, 6.45) is 0. The van der Waals surface area contributed by atoms with E-state index in [1.54, 1.807) is 0 Å². The van der Waals surface area contributed by atoms with Gasteiger partial charge in [0, 0.05) is 0 Å². The van der Waals surface area contributed by atoms with Gasteiger partial charge >= 0.3 is 0 Å². The molecule has 0 saturated heterocycles. The third kappa shape index (κ3) is 3.44. The lowest BCUT2D eigenvalue weighted by Gasteiger charge is -2.21. The van der Waals surface area contributed by atoms with Crippen molar-refractivity contribution in [1.29, 1.82) is 0 Å². The van der Waals surface area contributed by atoms with Gasteiger partial charge in [0.05, 0.1) is 0 Å². The predicted octanol–water partition coefficient (Wildman–Crippen LogP) is 9.63. The third-order valence-electron chi connectivity index (χ3n) is 7.73. The summed E-state index contributed by atoms with van der Waals surface area (Å²) in [6, 6.07) is 41.1. The summed E-state index contributed by atoms with van der Waals surface area (Å²) in [5.41, 5.74) is 0. The smallest absolute Gasteiger partial charge is 0.00203 e. The Hall–Kier alpha value is -3.30. The number of hydrogen-bond donors (Lipinski definition) is 0. The zero-order valence-electron chi connectivity index (χ0n) is 21.5. The van der Waals surface area contributed by atoms with Gasteiger partial charge in [0.2, 0.25) is 0 Å². The lowest BCUT2D eigenvalue weighted by Crippen LogP contribution is -2.13. The van der Waals surface area contributed by atoms with Crippen LogP contribution in [-0.2, 0) is 0 Å². The maximum Gasteiger partial charge on any atom is -0.00203 e. The molecular formula is C35H30P2. The van der Waals surface area contributed by atoms with Crippen LogP contribution in [-0.4, -0.2) is 6.66 Å². The van der Waals surface area contributed by atoms with Crippen molar-refractivity contribution < 1.29 is 0 Å². The van der Waals surface area contributed by atoms with Crippen molar-refractivity contribution in [3.63, 3.8) is 0 Å². The van der Waals surface area contributed by atoms with Gasteiger partial charge in [-0.25, -0.2) is 0 Å². The molecule has 0 saturated carbocycles. The molecule has 8 rings (SSSR count). The lowest BCUT2D eigenvalue weighted by molar-refractivity contribution is 1.50. The molecule has 0 nitrogen and oxygen atoms in total. The van der Waals surface area contributed by atoms with Crippen molar-refractivity contribution in [3.8, 4) is 0 Å². The van der Waals surface area contributed by atoms with E-state index in [2.05, 4.69) is 116 Å². The maximum absolute atomic E-state index is 2.44. The summed E-state index contributed by atoms with van der Waals surface area (Å²) in [5, 5.41) is 19.4. The predicted molar refractivity (Wildman–Crippen MR) is 175 cm³/mol. The van der Waals surface area contributed by atoms with E-state index < -0.39 is 7.92 Å². The monoisotopic (exact) mass is 512 g/mol. The second-order valence-electron chi connectivity index (χ2n) is 9.44. The highest BCUT2D eigenvalue weighted by Gasteiger charge is 2.19. The van der Waals surface area contributed by atoms with Crippen molar-refractivity contribution in [1.82, 2.24) is 0 Å². The van der Waals surface area contributed by atoms with Gasteiger partial charge in [0.1, 0.15) is 0 Å². The van der Waals surface area contributed by atoms with Gasteiger partial charge in [-0.05, 0) is 89.8 Å². The Kier molecular flexibility index (Phi) is 6.00. The first-order valence-electron chi connectivity index (χ1n) is 12.8. The number of benzene rings is 8. The largest absolute Gasteiger partial charge is 0.153 e. The molecule has 8 aromatic rings. The van der Waals surface area contributed by atoms with E-state index in [0.29, 0.717) is 0 Å². The van der Waals surface area contributed by atoms with Crippen LogP contribution in [0.1, 0.15) is 13.8 Å². The third-order valence-corrected chi connectivity index (χ3v) is 9.96. The highest BCUT2D eigenvalue weighted by molar-refractivity contribution is 7.73. The Morgan fingerprint density at radius 3 is 1.05 bits per heavy atom. The van der Waals surface area contributed by atoms with Crippen LogP contribution in [0, 0.1) is 0 Å². The Morgan fingerprint density at radius 2 is 0.676 bits per heavy atom. The molecule has 0 bridgehead atoms. The van der Waals surface area contributed by atoms with E-state index in [1.807, 2.05) is 13.8 Å². The Balaban J connectivity index is 0.000000822. The molecule has 180 valence electrons. The molecular weight excluding hydrogens is 482 g/mol. The van der Waals surface area contributed by atoms with Crippen LogP contribution in [0.5, 0.6) is 0 Å². The Morgan fingerprint density at radius 1 is 0.378 bits per heavy atom. The van der Waals surface area contributed by atoms with Crippen molar-refractivity contribution in [3.05, 3.63) is 109 Å². The van der Waals surface area contributed by atoms with Crippen molar-refractivity contribution in [2.24, 2.45) is 0 Å². The minimum Gasteiger partial charge on any atom is -0.153 e. The van der Waals surface area contributed by atoms with Crippen LogP contribution in [0.25, 0.3) is 64.6 Å². The van der Waals surface area contributed by atoms with Crippen LogP contribution < -0.4 is 10.6 Å². The number of rotatable bonds is 2. The molecule has 0 fully saturated rings. The van der Waals surface area contributed by atoms with Gasteiger partial charge in [-0.3, -0.25) is 0 Å². The molecule has 0 aliphatic rings. The first kappa shape index (κ1) is 24.1. The molecule has 1 atom stereocenters. The van der Waals surface area contributed by atoms with E-state index >= 15 is 0 Å². The molecule has 0 aromatic heterocycles. The first-order valence-corrected chi connectivity index (χ1v) is 14.6. The van der Waals surface area contributed by atoms with Gasteiger partial charge in [0.15, 0.2) is 0 Å². The summed E-state index contributed by atoms with van der Waals surface area (Å²) >= 11 is 0. The zero-order chi connectivity index (χ0) is 24.4. The van der Waals surface area contributed by atoms with Gasteiger partial charge in [-0.15, -0.1) is 0 Å². The Bertz CT molecular complexity index is 1860. The van der Waals surface area contributed by atoms with E-state index in [0.717, 1.165) is 0 Å². The summed E-state index contributed by atoms with van der Waals surface area (Å²) in [5.74, 6) is 0. The molecule has 1 unspecified atom stereocenters. The van der Waals surface area contributed by atoms with Crippen molar-refractivity contribution in [2.75, 3.05) is 6.66 Å². The molecule has 0 aliphatic carbocycles. The van der Waals surface area contributed by atoms with Gasteiger partial charge < -0.3 is 0 Å². The van der Waals surface area contributed by atoms with Gasteiger partial charge in [-0.2, -0.15) is 9.90 Å². The SMILES string of the molecule is CC.CP(c1ccc2ccc3cccc4ccc1c2c34)c1ccc2ccc3cccc4ccc1c2c34.P. The summed E-state index contributed by atoms with van der Waals surface area (Å²) in [4.78, 5) is 0. The van der Waals surface area contributed by atoms with Gasteiger partial charge in [-0.1, -0.05) is 123 Å². The summed E-state index contributed by atoms with van der Waals surface area (Å²) in [6.45, 7) is 6.44.